The Kier molecular flexibility index (Phi) is 7.09. The number of hydrogen-bond acceptors (Lipinski definition) is 9. The molecule has 0 aliphatic carbocycles. The minimum absolute atomic E-state index is 0.118. The predicted octanol–water partition coefficient (Wildman–Crippen LogP) is 0.808. The zero-order chi connectivity index (χ0) is 26.1. The number of aromatic nitrogens is 5. The standard InChI is InChI=1S/C24H29N7O5S/c1-4-36-16-5-6-17-18(13-16)37-23(26-17)31(8-7-29-9-11-35-12-10-29)19(32)14-30-15-25-21-20(30)22(33)28(3)24(34)27(21)2/h5-6,13,15H,4,7-12,14H2,1-3H3. The summed E-state index contributed by atoms with van der Waals surface area (Å²) in [5.41, 5.74) is 0.263. The van der Waals surface area contributed by atoms with Crippen molar-refractivity contribution < 1.29 is 14.3 Å². The van der Waals surface area contributed by atoms with Gasteiger partial charge in [-0.25, -0.2) is 14.8 Å². The molecule has 196 valence electrons. The molecule has 0 bridgehead atoms. The van der Waals surface area contributed by atoms with Gasteiger partial charge in [-0.05, 0) is 25.1 Å². The topological polar surface area (TPSA) is 117 Å². The van der Waals surface area contributed by atoms with Gasteiger partial charge in [-0.15, -0.1) is 0 Å². The lowest BCUT2D eigenvalue weighted by atomic mass is 10.3. The van der Waals surface area contributed by atoms with Crippen molar-refractivity contribution in [2.24, 2.45) is 14.1 Å². The summed E-state index contributed by atoms with van der Waals surface area (Å²) in [7, 11) is 2.96. The number of anilines is 1. The lowest BCUT2D eigenvalue weighted by Gasteiger charge is -2.29. The molecule has 13 heteroatoms. The molecule has 0 saturated carbocycles. The zero-order valence-corrected chi connectivity index (χ0v) is 21.9. The summed E-state index contributed by atoms with van der Waals surface area (Å²) in [5.74, 6) is 0.523. The van der Waals surface area contributed by atoms with Crippen molar-refractivity contribution in [2.75, 3.05) is 50.9 Å². The van der Waals surface area contributed by atoms with Crippen molar-refractivity contribution >= 4 is 43.8 Å². The molecule has 0 radical (unpaired) electrons. The Hall–Kier alpha value is -3.55. The van der Waals surface area contributed by atoms with Gasteiger partial charge in [0.2, 0.25) is 5.91 Å². The van der Waals surface area contributed by atoms with Crippen LogP contribution in [0.2, 0.25) is 0 Å². The molecule has 1 aromatic carbocycles. The first kappa shape index (κ1) is 25.1. The lowest BCUT2D eigenvalue weighted by molar-refractivity contribution is -0.119. The number of amides is 1. The molecule has 4 aromatic rings. The molecule has 1 saturated heterocycles. The molecule has 1 aliphatic heterocycles. The van der Waals surface area contributed by atoms with Crippen molar-refractivity contribution in [3.8, 4) is 5.75 Å². The SMILES string of the molecule is CCOc1ccc2nc(N(CCN3CCOCC3)C(=O)Cn3cnc4c3c(=O)n(C)c(=O)n4C)sc2c1. The number of carbonyl (C=O) groups excluding carboxylic acids is 1. The Morgan fingerprint density at radius 1 is 1.19 bits per heavy atom. The Morgan fingerprint density at radius 3 is 2.73 bits per heavy atom. The molecule has 1 aliphatic rings. The molecule has 37 heavy (non-hydrogen) atoms. The summed E-state index contributed by atoms with van der Waals surface area (Å²) < 4.78 is 15.8. The van der Waals surface area contributed by atoms with Crippen molar-refractivity contribution in [1.82, 2.24) is 28.6 Å². The van der Waals surface area contributed by atoms with Gasteiger partial charge in [0.25, 0.3) is 5.56 Å². The molecule has 1 fully saturated rings. The highest BCUT2D eigenvalue weighted by Gasteiger charge is 2.24. The number of ether oxygens (including phenoxy) is 2. The van der Waals surface area contributed by atoms with E-state index in [1.165, 1.54) is 33.8 Å². The quantitative estimate of drug-likeness (QED) is 0.331. The molecule has 3 aromatic heterocycles. The fourth-order valence-electron chi connectivity index (χ4n) is 4.41. The van der Waals surface area contributed by atoms with Gasteiger partial charge in [-0.3, -0.25) is 28.5 Å². The van der Waals surface area contributed by atoms with E-state index >= 15 is 0 Å². The third-order valence-corrected chi connectivity index (χ3v) is 7.50. The summed E-state index contributed by atoms with van der Waals surface area (Å²) in [4.78, 5) is 51.8. The van der Waals surface area contributed by atoms with Crippen molar-refractivity contribution in [1.29, 1.82) is 0 Å². The van der Waals surface area contributed by atoms with Gasteiger partial charge in [0.05, 0.1) is 36.4 Å². The second kappa shape index (κ2) is 10.4. The van der Waals surface area contributed by atoms with Crippen LogP contribution in [-0.4, -0.2) is 80.5 Å². The molecule has 1 amide bonds. The molecular formula is C24H29N7O5S. The highest BCUT2D eigenvalue weighted by molar-refractivity contribution is 7.22. The van der Waals surface area contributed by atoms with E-state index in [1.807, 2.05) is 25.1 Å². The number of hydrogen-bond donors (Lipinski definition) is 0. The molecule has 5 rings (SSSR count). The van der Waals surface area contributed by atoms with E-state index in [0.29, 0.717) is 38.0 Å². The number of morpholine rings is 1. The van der Waals surface area contributed by atoms with Crippen LogP contribution in [0.3, 0.4) is 0 Å². The van der Waals surface area contributed by atoms with Gasteiger partial charge in [0.1, 0.15) is 12.3 Å². The highest BCUT2D eigenvalue weighted by Crippen LogP contribution is 2.32. The van der Waals surface area contributed by atoms with E-state index in [1.54, 1.807) is 11.9 Å². The Morgan fingerprint density at radius 2 is 1.97 bits per heavy atom. The smallest absolute Gasteiger partial charge is 0.332 e. The van der Waals surface area contributed by atoms with Gasteiger partial charge in [0.15, 0.2) is 16.3 Å². The fourth-order valence-corrected chi connectivity index (χ4v) is 5.44. The van der Waals surface area contributed by atoms with Crippen molar-refractivity contribution in [3.63, 3.8) is 0 Å². The summed E-state index contributed by atoms with van der Waals surface area (Å²) >= 11 is 1.42. The number of thiazole rings is 1. The molecule has 0 unspecified atom stereocenters. The summed E-state index contributed by atoms with van der Waals surface area (Å²) in [6.45, 7) is 6.40. The van der Waals surface area contributed by atoms with Crippen molar-refractivity contribution in [2.45, 2.75) is 13.5 Å². The van der Waals surface area contributed by atoms with Crippen LogP contribution in [0.1, 0.15) is 6.92 Å². The van der Waals surface area contributed by atoms with Crippen LogP contribution in [0.25, 0.3) is 21.4 Å². The average Bonchev–Trinajstić information content (AvgIpc) is 3.51. The number of carbonyl (C=O) groups is 1. The maximum absolute atomic E-state index is 13.7. The molecule has 12 nitrogen and oxygen atoms in total. The van der Waals surface area contributed by atoms with E-state index in [-0.39, 0.29) is 23.6 Å². The van der Waals surface area contributed by atoms with E-state index in [2.05, 4.69) is 9.88 Å². The number of imidazole rings is 1. The van der Waals surface area contributed by atoms with Crippen LogP contribution in [0, 0.1) is 0 Å². The van der Waals surface area contributed by atoms with Crippen LogP contribution in [-0.2, 0) is 30.2 Å². The number of aryl methyl sites for hydroxylation is 1. The highest BCUT2D eigenvalue weighted by atomic mass is 32.1. The second-order valence-electron chi connectivity index (χ2n) is 8.81. The van der Waals surface area contributed by atoms with Gasteiger partial charge < -0.3 is 14.0 Å². The summed E-state index contributed by atoms with van der Waals surface area (Å²) in [5, 5.41) is 0.576. The van der Waals surface area contributed by atoms with E-state index in [0.717, 1.165) is 33.6 Å². The van der Waals surface area contributed by atoms with E-state index in [4.69, 9.17) is 14.5 Å². The monoisotopic (exact) mass is 527 g/mol. The van der Waals surface area contributed by atoms with Gasteiger partial charge in [-0.1, -0.05) is 11.3 Å². The van der Waals surface area contributed by atoms with Crippen LogP contribution < -0.4 is 20.9 Å². The largest absolute Gasteiger partial charge is 0.494 e. The maximum Gasteiger partial charge on any atom is 0.332 e. The summed E-state index contributed by atoms with van der Waals surface area (Å²) in [6, 6.07) is 5.68. The van der Waals surface area contributed by atoms with Crippen molar-refractivity contribution in [3.05, 3.63) is 45.4 Å². The van der Waals surface area contributed by atoms with Crippen LogP contribution >= 0.6 is 11.3 Å². The van der Waals surface area contributed by atoms with Gasteiger partial charge >= 0.3 is 5.69 Å². The predicted molar refractivity (Wildman–Crippen MR) is 141 cm³/mol. The summed E-state index contributed by atoms with van der Waals surface area (Å²) in [6.07, 6.45) is 1.43. The number of nitrogens with zero attached hydrogens (tertiary/aromatic N) is 7. The molecule has 0 spiro atoms. The lowest BCUT2D eigenvalue weighted by Crippen LogP contribution is -2.44. The van der Waals surface area contributed by atoms with E-state index in [9.17, 15) is 14.4 Å². The molecule has 0 atom stereocenters. The van der Waals surface area contributed by atoms with E-state index < -0.39 is 11.2 Å². The number of fused-ring (bicyclic) bond motifs is 2. The maximum atomic E-state index is 13.7. The number of benzene rings is 1. The minimum atomic E-state index is -0.494. The minimum Gasteiger partial charge on any atom is -0.494 e. The average molecular weight is 528 g/mol. The Balaban J connectivity index is 1.48. The first-order valence-electron chi connectivity index (χ1n) is 12.1. The number of rotatable bonds is 8. The fraction of sp³-hybridized carbons (Fsp3) is 0.458. The van der Waals surface area contributed by atoms with Crippen LogP contribution in [0.15, 0.2) is 34.1 Å². The molecule has 4 heterocycles. The third-order valence-electron chi connectivity index (χ3n) is 6.46. The molecule has 0 N–H and O–H groups in total. The first-order valence-corrected chi connectivity index (χ1v) is 12.9. The molecular weight excluding hydrogens is 498 g/mol. The van der Waals surface area contributed by atoms with Crippen LogP contribution in [0.4, 0.5) is 5.13 Å². The second-order valence-corrected chi connectivity index (χ2v) is 9.82. The normalized spacial score (nSPS) is 14.5. The first-order chi connectivity index (χ1) is 17.9. The third kappa shape index (κ3) is 4.89. The van der Waals surface area contributed by atoms with Gasteiger partial charge in [0, 0.05) is 40.3 Å². The van der Waals surface area contributed by atoms with Crippen LogP contribution in [0.5, 0.6) is 5.75 Å². The Bertz CT molecular complexity index is 1560. The zero-order valence-electron chi connectivity index (χ0n) is 21.0. The van der Waals surface area contributed by atoms with Gasteiger partial charge in [-0.2, -0.15) is 0 Å². The Labute approximate surface area is 216 Å².